The van der Waals surface area contributed by atoms with Crippen LogP contribution < -0.4 is 34.5 Å². The predicted molar refractivity (Wildman–Crippen MR) is 159 cm³/mol. The number of nitrogen functional groups attached to an aromatic ring is 1. The highest BCUT2D eigenvalue weighted by Crippen LogP contribution is 2.29. The SMILES string of the molecule is COc1ccc(OC)c(CN(C(=O)Oc2c(C)cccc2C)c2ccnc(N(C)CCOc3ccc(N)cc3)n2)c1. The number of hydrogen-bond donors (Lipinski definition) is 1. The van der Waals surface area contributed by atoms with E-state index in [0.29, 0.717) is 47.9 Å². The summed E-state index contributed by atoms with van der Waals surface area (Å²) >= 11 is 0. The van der Waals surface area contributed by atoms with Crippen molar-refractivity contribution in [2.24, 2.45) is 0 Å². The van der Waals surface area contributed by atoms with Gasteiger partial charge in [-0.3, -0.25) is 4.90 Å². The molecule has 0 saturated heterocycles. The highest BCUT2D eigenvalue weighted by atomic mass is 16.6. The number of likely N-dealkylation sites (N-methyl/N-ethyl adjacent to an activating group) is 1. The quantitative estimate of drug-likeness (QED) is 0.242. The first kappa shape index (κ1) is 29.0. The van der Waals surface area contributed by atoms with Crippen LogP contribution in [0.1, 0.15) is 16.7 Å². The molecule has 1 aromatic heterocycles. The summed E-state index contributed by atoms with van der Waals surface area (Å²) in [5.41, 5.74) is 8.83. The fraction of sp³-hybridized carbons (Fsp3) is 0.258. The molecule has 1 amide bonds. The van der Waals surface area contributed by atoms with Crippen LogP contribution in [-0.2, 0) is 6.54 Å². The number of aryl methyl sites for hydroxylation is 2. The third kappa shape index (κ3) is 7.36. The van der Waals surface area contributed by atoms with Gasteiger partial charge < -0.3 is 29.6 Å². The Kier molecular flexibility index (Phi) is 9.47. The van der Waals surface area contributed by atoms with Crippen molar-refractivity contribution >= 4 is 23.5 Å². The third-order valence-electron chi connectivity index (χ3n) is 6.46. The van der Waals surface area contributed by atoms with E-state index in [1.807, 2.05) is 62.2 Å². The van der Waals surface area contributed by atoms with Crippen LogP contribution in [0.3, 0.4) is 0 Å². The van der Waals surface area contributed by atoms with E-state index in [1.165, 1.54) is 4.90 Å². The number of nitrogens with two attached hydrogens (primary N) is 1. The zero-order valence-corrected chi connectivity index (χ0v) is 24.0. The zero-order valence-electron chi connectivity index (χ0n) is 24.0. The van der Waals surface area contributed by atoms with Crippen LogP contribution in [0.2, 0.25) is 0 Å². The zero-order chi connectivity index (χ0) is 29.4. The monoisotopic (exact) mass is 557 g/mol. The van der Waals surface area contributed by atoms with Gasteiger partial charge in [0.1, 0.15) is 35.4 Å². The van der Waals surface area contributed by atoms with Gasteiger partial charge in [-0.2, -0.15) is 4.98 Å². The number of hydrogen-bond acceptors (Lipinski definition) is 9. The van der Waals surface area contributed by atoms with Gasteiger partial charge >= 0.3 is 6.09 Å². The average molecular weight is 558 g/mol. The van der Waals surface area contributed by atoms with Crippen LogP contribution in [0.5, 0.6) is 23.0 Å². The number of carbonyl (C=O) groups excluding carboxylic acids is 1. The van der Waals surface area contributed by atoms with Gasteiger partial charge in [-0.05, 0) is 73.5 Å². The summed E-state index contributed by atoms with van der Waals surface area (Å²) < 4.78 is 22.7. The first-order chi connectivity index (χ1) is 19.8. The highest BCUT2D eigenvalue weighted by molar-refractivity contribution is 5.88. The number of benzene rings is 3. The van der Waals surface area contributed by atoms with Crippen molar-refractivity contribution in [2.45, 2.75) is 20.4 Å². The number of rotatable bonds is 11. The molecule has 0 spiro atoms. The van der Waals surface area contributed by atoms with E-state index in [9.17, 15) is 4.79 Å². The van der Waals surface area contributed by atoms with Gasteiger partial charge in [-0.25, -0.2) is 9.78 Å². The molecule has 0 bridgehead atoms. The summed E-state index contributed by atoms with van der Waals surface area (Å²) in [5, 5.41) is 0. The van der Waals surface area contributed by atoms with Crippen LogP contribution in [0.15, 0.2) is 72.9 Å². The number of amides is 1. The summed E-state index contributed by atoms with van der Waals surface area (Å²) in [4.78, 5) is 26.2. The molecule has 10 heteroatoms. The molecule has 4 aromatic rings. The molecule has 214 valence electrons. The van der Waals surface area contributed by atoms with Crippen LogP contribution in [-0.4, -0.2) is 50.5 Å². The molecule has 0 fully saturated rings. The van der Waals surface area contributed by atoms with E-state index in [2.05, 4.69) is 4.98 Å². The maximum Gasteiger partial charge on any atom is 0.421 e. The minimum atomic E-state index is -0.591. The lowest BCUT2D eigenvalue weighted by Gasteiger charge is -2.25. The number of para-hydroxylation sites is 1. The highest BCUT2D eigenvalue weighted by Gasteiger charge is 2.24. The average Bonchev–Trinajstić information content (AvgIpc) is 2.98. The number of aromatic nitrogens is 2. The van der Waals surface area contributed by atoms with Crippen molar-refractivity contribution < 1.29 is 23.7 Å². The van der Waals surface area contributed by atoms with Crippen molar-refractivity contribution in [3.8, 4) is 23.0 Å². The summed E-state index contributed by atoms with van der Waals surface area (Å²) in [7, 11) is 5.02. The third-order valence-corrected chi connectivity index (χ3v) is 6.46. The van der Waals surface area contributed by atoms with E-state index < -0.39 is 6.09 Å². The largest absolute Gasteiger partial charge is 0.497 e. The Morgan fingerprint density at radius 2 is 1.63 bits per heavy atom. The maximum atomic E-state index is 13.7. The smallest absolute Gasteiger partial charge is 0.421 e. The number of anilines is 3. The number of nitrogens with zero attached hydrogens (tertiary/aromatic N) is 4. The Morgan fingerprint density at radius 3 is 2.32 bits per heavy atom. The lowest BCUT2D eigenvalue weighted by Crippen LogP contribution is -2.35. The topological polar surface area (TPSA) is 112 Å². The molecule has 2 N–H and O–H groups in total. The molecule has 0 aliphatic heterocycles. The molecule has 0 unspecified atom stereocenters. The second-order valence-electron chi connectivity index (χ2n) is 9.41. The van der Waals surface area contributed by atoms with Crippen LogP contribution in [0.4, 0.5) is 22.2 Å². The number of ether oxygens (including phenoxy) is 4. The molecule has 10 nitrogen and oxygen atoms in total. The first-order valence-electron chi connectivity index (χ1n) is 13.1. The van der Waals surface area contributed by atoms with Gasteiger partial charge in [0.15, 0.2) is 0 Å². The predicted octanol–water partition coefficient (Wildman–Crippen LogP) is 5.41. The molecular weight excluding hydrogens is 522 g/mol. The lowest BCUT2D eigenvalue weighted by molar-refractivity contribution is 0.206. The molecule has 0 atom stereocenters. The van der Waals surface area contributed by atoms with Gasteiger partial charge in [0.25, 0.3) is 0 Å². The molecule has 3 aromatic carbocycles. The summed E-state index contributed by atoms with van der Waals surface area (Å²) in [6.45, 7) is 4.81. The lowest BCUT2D eigenvalue weighted by atomic mass is 10.1. The van der Waals surface area contributed by atoms with Gasteiger partial charge in [-0.15, -0.1) is 0 Å². The summed E-state index contributed by atoms with van der Waals surface area (Å²) in [5.74, 6) is 3.24. The van der Waals surface area contributed by atoms with E-state index >= 15 is 0 Å². The van der Waals surface area contributed by atoms with Crippen molar-refractivity contribution in [1.82, 2.24) is 9.97 Å². The Hall–Kier alpha value is -4.99. The van der Waals surface area contributed by atoms with Crippen molar-refractivity contribution in [3.63, 3.8) is 0 Å². The Balaban J connectivity index is 1.60. The normalized spacial score (nSPS) is 10.6. The van der Waals surface area contributed by atoms with Crippen LogP contribution in [0.25, 0.3) is 0 Å². The molecule has 1 heterocycles. The van der Waals surface area contributed by atoms with Crippen molar-refractivity contribution in [3.05, 3.63) is 89.6 Å². The van der Waals surface area contributed by atoms with Crippen molar-refractivity contribution in [2.75, 3.05) is 50.0 Å². The second kappa shape index (κ2) is 13.4. The molecule has 0 radical (unpaired) electrons. The van der Waals surface area contributed by atoms with E-state index in [4.69, 9.17) is 29.7 Å². The first-order valence-corrected chi connectivity index (χ1v) is 13.1. The van der Waals surface area contributed by atoms with Gasteiger partial charge in [0, 0.05) is 24.5 Å². The second-order valence-corrected chi connectivity index (χ2v) is 9.41. The molecule has 4 rings (SSSR count). The minimum Gasteiger partial charge on any atom is -0.497 e. The van der Waals surface area contributed by atoms with E-state index in [0.717, 1.165) is 22.4 Å². The molecular formula is C31H35N5O5. The Bertz CT molecular complexity index is 1460. The van der Waals surface area contributed by atoms with E-state index in [-0.39, 0.29) is 6.54 Å². The maximum absolute atomic E-state index is 13.7. The standard InChI is InChI=1S/C31H35N5O5/c1-21-7-6-8-22(2)29(21)41-31(37)36(20-23-19-26(38-4)13-14-27(23)39-5)28-15-16-33-30(34-28)35(3)17-18-40-25-11-9-24(32)10-12-25/h6-16,19H,17-18,20,32H2,1-5H3. The number of methoxy groups -OCH3 is 2. The molecule has 0 saturated carbocycles. The minimum absolute atomic E-state index is 0.116. The van der Waals surface area contributed by atoms with Gasteiger partial charge in [0.05, 0.1) is 27.3 Å². The van der Waals surface area contributed by atoms with Crippen molar-refractivity contribution in [1.29, 1.82) is 0 Å². The Labute approximate surface area is 240 Å². The van der Waals surface area contributed by atoms with E-state index in [1.54, 1.807) is 50.7 Å². The Morgan fingerprint density at radius 1 is 0.927 bits per heavy atom. The van der Waals surface area contributed by atoms with Crippen LogP contribution >= 0.6 is 0 Å². The van der Waals surface area contributed by atoms with Gasteiger partial charge in [0.2, 0.25) is 5.95 Å². The number of carbonyl (C=O) groups is 1. The molecule has 0 aliphatic rings. The van der Waals surface area contributed by atoms with Gasteiger partial charge in [-0.1, -0.05) is 18.2 Å². The van der Waals surface area contributed by atoms with Crippen LogP contribution in [0, 0.1) is 13.8 Å². The summed E-state index contributed by atoms with van der Waals surface area (Å²) in [6, 6.07) is 20.0. The fourth-order valence-electron chi connectivity index (χ4n) is 4.16. The molecule has 41 heavy (non-hydrogen) atoms. The molecule has 0 aliphatic carbocycles. The fourth-order valence-corrected chi connectivity index (χ4v) is 4.16. The summed E-state index contributed by atoms with van der Waals surface area (Å²) in [6.07, 6.45) is 1.02.